The van der Waals surface area contributed by atoms with E-state index in [-0.39, 0.29) is 10.8 Å². The lowest BCUT2D eigenvalue weighted by atomic mass is 9.92. The summed E-state index contributed by atoms with van der Waals surface area (Å²) in [6.45, 7) is 0.724. The molecule has 2 heterocycles. The van der Waals surface area contributed by atoms with Crippen molar-refractivity contribution < 1.29 is 13.2 Å². The topological polar surface area (TPSA) is 69.7 Å². The molecule has 2 aromatic rings. The van der Waals surface area contributed by atoms with Crippen LogP contribution in [0.1, 0.15) is 24.0 Å². The van der Waals surface area contributed by atoms with E-state index >= 15 is 0 Å². The molecular formula is C20H23N3O3S. The Balaban J connectivity index is 1.67. The lowest BCUT2D eigenvalue weighted by Gasteiger charge is -2.35. The third kappa shape index (κ3) is 3.27. The zero-order valence-electron chi connectivity index (χ0n) is 15.5. The summed E-state index contributed by atoms with van der Waals surface area (Å²) >= 11 is 0. The minimum atomic E-state index is -3.69. The fourth-order valence-electron chi connectivity index (χ4n) is 3.82. The molecule has 2 aliphatic heterocycles. The molecule has 1 N–H and O–H groups in total. The van der Waals surface area contributed by atoms with Gasteiger partial charge in [0, 0.05) is 38.4 Å². The van der Waals surface area contributed by atoms with E-state index in [4.69, 9.17) is 0 Å². The number of nitrogens with zero attached hydrogens (tertiary/aromatic N) is 2. The molecule has 0 saturated heterocycles. The van der Waals surface area contributed by atoms with Gasteiger partial charge in [0.15, 0.2) is 0 Å². The van der Waals surface area contributed by atoms with Crippen LogP contribution in [-0.4, -0.2) is 35.0 Å². The summed E-state index contributed by atoms with van der Waals surface area (Å²) in [5.74, 6) is 0.137. The van der Waals surface area contributed by atoms with Crippen LogP contribution in [0.3, 0.4) is 0 Å². The Bertz CT molecular complexity index is 981. The number of hydrogen-bond donors (Lipinski definition) is 1. The summed E-state index contributed by atoms with van der Waals surface area (Å²) in [4.78, 5) is 16.2. The largest absolute Gasteiger partial charge is 0.378 e. The molecule has 0 aromatic heterocycles. The van der Waals surface area contributed by atoms with E-state index in [0.29, 0.717) is 18.5 Å². The van der Waals surface area contributed by atoms with Crippen LogP contribution in [0.2, 0.25) is 0 Å². The number of anilines is 3. The second kappa shape index (κ2) is 6.56. The molecule has 0 aliphatic carbocycles. The average Bonchev–Trinajstić information content (AvgIpc) is 2.64. The number of sulfonamides is 1. The highest BCUT2D eigenvalue weighted by Crippen LogP contribution is 2.37. The van der Waals surface area contributed by atoms with Crippen molar-refractivity contribution in [3.05, 3.63) is 47.5 Å². The summed E-state index contributed by atoms with van der Waals surface area (Å²) in [6, 6.07) is 10.7. The standard InChI is InChI=1S/C20H23N3O3S/c1-22(2)17-8-6-16(7-9-17)21-27(25,26)18-12-14-4-3-11-23-19(24)10-5-15(13-18)20(14)23/h6-9,12-13,21H,3-5,10-11H2,1-2H3. The molecule has 142 valence electrons. The van der Waals surface area contributed by atoms with Crippen molar-refractivity contribution >= 4 is 33.0 Å². The average molecular weight is 385 g/mol. The zero-order chi connectivity index (χ0) is 19.2. The van der Waals surface area contributed by atoms with E-state index in [0.717, 1.165) is 41.9 Å². The summed E-state index contributed by atoms with van der Waals surface area (Å²) < 4.78 is 28.5. The predicted molar refractivity (Wildman–Crippen MR) is 107 cm³/mol. The molecule has 2 aromatic carbocycles. The van der Waals surface area contributed by atoms with Gasteiger partial charge >= 0.3 is 0 Å². The Morgan fingerprint density at radius 3 is 2.33 bits per heavy atom. The van der Waals surface area contributed by atoms with Crippen LogP contribution in [0.15, 0.2) is 41.3 Å². The number of hydrogen-bond acceptors (Lipinski definition) is 4. The van der Waals surface area contributed by atoms with Crippen molar-refractivity contribution in [2.24, 2.45) is 0 Å². The highest BCUT2D eigenvalue weighted by Gasteiger charge is 2.31. The molecule has 27 heavy (non-hydrogen) atoms. The van der Waals surface area contributed by atoms with Gasteiger partial charge in [0.25, 0.3) is 10.0 Å². The van der Waals surface area contributed by atoms with Crippen LogP contribution >= 0.6 is 0 Å². The van der Waals surface area contributed by atoms with Crippen molar-refractivity contribution in [2.45, 2.75) is 30.6 Å². The third-order valence-electron chi connectivity index (χ3n) is 5.19. The Morgan fingerprint density at radius 2 is 1.67 bits per heavy atom. The molecule has 2 aliphatic rings. The number of aryl methyl sites for hydroxylation is 2. The van der Waals surface area contributed by atoms with E-state index in [1.54, 1.807) is 24.3 Å². The molecule has 0 radical (unpaired) electrons. The molecule has 0 bridgehead atoms. The van der Waals surface area contributed by atoms with Crippen molar-refractivity contribution in [2.75, 3.05) is 35.2 Å². The van der Waals surface area contributed by atoms with E-state index in [1.165, 1.54) is 0 Å². The first-order chi connectivity index (χ1) is 12.8. The molecule has 0 spiro atoms. The van der Waals surface area contributed by atoms with Gasteiger partial charge in [-0.1, -0.05) is 0 Å². The molecular weight excluding hydrogens is 362 g/mol. The SMILES string of the molecule is CN(C)c1ccc(NS(=O)(=O)c2cc3c4c(c2)CCC(=O)N4CCC3)cc1. The van der Waals surface area contributed by atoms with Crippen LogP contribution in [0, 0.1) is 0 Å². The second-order valence-corrected chi connectivity index (χ2v) is 8.97. The fourth-order valence-corrected chi connectivity index (χ4v) is 4.98. The second-order valence-electron chi connectivity index (χ2n) is 7.29. The van der Waals surface area contributed by atoms with Crippen LogP contribution < -0.4 is 14.5 Å². The number of nitrogens with one attached hydrogen (secondary N) is 1. The van der Waals surface area contributed by atoms with Gasteiger partial charge in [-0.3, -0.25) is 9.52 Å². The summed E-state index contributed by atoms with van der Waals surface area (Å²) in [5, 5.41) is 0. The van der Waals surface area contributed by atoms with Gasteiger partial charge in [0.2, 0.25) is 5.91 Å². The van der Waals surface area contributed by atoms with E-state index < -0.39 is 10.0 Å². The third-order valence-corrected chi connectivity index (χ3v) is 6.56. The number of amides is 1. The van der Waals surface area contributed by atoms with Crippen molar-refractivity contribution in [3.63, 3.8) is 0 Å². The molecule has 4 rings (SSSR count). The van der Waals surface area contributed by atoms with Crippen molar-refractivity contribution in [1.29, 1.82) is 0 Å². The van der Waals surface area contributed by atoms with Gasteiger partial charge in [-0.25, -0.2) is 8.42 Å². The van der Waals surface area contributed by atoms with Gasteiger partial charge in [0.05, 0.1) is 10.6 Å². The van der Waals surface area contributed by atoms with Crippen LogP contribution in [0.4, 0.5) is 17.1 Å². The number of benzene rings is 2. The van der Waals surface area contributed by atoms with Crippen LogP contribution in [0.5, 0.6) is 0 Å². The summed E-state index contributed by atoms with van der Waals surface area (Å²) in [7, 11) is 0.186. The number of carbonyl (C=O) groups excluding carboxylic acids is 1. The van der Waals surface area contributed by atoms with Gasteiger partial charge in [0.1, 0.15) is 0 Å². The van der Waals surface area contributed by atoms with Crippen molar-refractivity contribution in [3.8, 4) is 0 Å². The first-order valence-electron chi connectivity index (χ1n) is 9.11. The Hall–Kier alpha value is -2.54. The minimum absolute atomic E-state index is 0.137. The molecule has 6 nitrogen and oxygen atoms in total. The maximum atomic E-state index is 12.9. The highest BCUT2D eigenvalue weighted by molar-refractivity contribution is 7.92. The van der Waals surface area contributed by atoms with Gasteiger partial charge in [-0.05, 0) is 66.8 Å². The minimum Gasteiger partial charge on any atom is -0.378 e. The van der Waals surface area contributed by atoms with Gasteiger partial charge < -0.3 is 9.80 Å². The van der Waals surface area contributed by atoms with Crippen LogP contribution in [-0.2, 0) is 27.7 Å². The van der Waals surface area contributed by atoms with E-state index in [1.807, 2.05) is 36.0 Å². The zero-order valence-corrected chi connectivity index (χ0v) is 16.3. The maximum absolute atomic E-state index is 12.9. The summed E-state index contributed by atoms with van der Waals surface area (Å²) in [6.07, 6.45) is 2.70. The molecule has 1 amide bonds. The van der Waals surface area contributed by atoms with Gasteiger partial charge in [-0.15, -0.1) is 0 Å². The fraction of sp³-hybridized carbons (Fsp3) is 0.350. The predicted octanol–water partition coefficient (Wildman–Crippen LogP) is 2.78. The molecule has 0 unspecified atom stereocenters. The number of carbonyl (C=O) groups is 1. The van der Waals surface area contributed by atoms with Gasteiger partial charge in [-0.2, -0.15) is 0 Å². The molecule has 0 fully saturated rings. The van der Waals surface area contributed by atoms with E-state index in [2.05, 4.69) is 4.72 Å². The smallest absolute Gasteiger partial charge is 0.261 e. The molecule has 7 heteroatoms. The van der Waals surface area contributed by atoms with Crippen LogP contribution in [0.25, 0.3) is 0 Å². The highest BCUT2D eigenvalue weighted by atomic mass is 32.2. The molecule has 0 saturated carbocycles. The van der Waals surface area contributed by atoms with Crippen molar-refractivity contribution in [1.82, 2.24) is 0 Å². The normalized spacial score (nSPS) is 16.1. The monoisotopic (exact) mass is 385 g/mol. The first-order valence-corrected chi connectivity index (χ1v) is 10.6. The Morgan fingerprint density at radius 1 is 1.00 bits per heavy atom. The Labute approximate surface area is 159 Å². The Kier molecular flexibility index (Phi) is 4.34. The number of rotatable bonds is 4. The lowest BCUT2D eigenvalue weighted by Crippen LogP contribution is -2.39. The maximum Gasteiger partial charge on any atom is 0.261 e. The quantitative estimate of drug-likeness (QED) is 0.879. The molecule has 0 atom stereocenters. The first kappa shape index (κ1) is 17.9. The van der Waals surface area contributed by atoms with E-state index in [9.17, 15) is 13.2 Å². The lowest BCUT2D eigenvalue weighted by molar-refractivity contribution is -0.119. The summed E-state index contributed by atoms with van der Waals surface area (Å²) in [5.41, 5.74) is 4.38.